The Morgan fingerprint density at radius 3 is 2.95 bits per heavy atom. The van der Waals surface area contributed by atoms with Gasteiger partial charge in [-0.2, -0.15) is 0 Å². The molecule has 1 aromatic rings. The average molecular weight is 294 g/mol. The molecule has 0 radical (unpaired) electrons. The van der Waals surface area contributed by atoms with Crippen LogP contribution in [0.1, 0.15) is 24.4 Å². The van der Waals surface area contributed by atoms with Crippen LogP contribution in [0.5, 0.6) is 0 Å². The predicted molar refractivity (Wildman–Crippen MR) is 81.2 cm³/mol. The Labute approximate surface area is 125 Å². The van der Waals surface area contributed by atoms with Crippen molar-refractivity contribution in [3.8, 4) is 0 Å². The van der Waals surface area contributed by atoms with Crippen LogP contribution in [0.15, 0.2) is 24.3 Å². The maximum Gasteiger partial charge on any atom is 0.341 e. The highest BCUT2D eigenvalue weighted by atomic mass is 19.1. The zero-order chi connectivity index (χ0) is 15.4. The van der Waals surface area contributed by atoms with E-state index in [0.717, 1.165) is 25.1 Å². The van der Waals surface area contributed by atoms with Gasteiger partial charge >= 0.3 is 5.97 Å². The van der Waals surface area contributed by atoms with Gasteiger partial charge in [0.1, 0.15) is 0 Å². The second-order valence-electron chi connectivity index (χ2n) is 5.63. The number of carbonyl (C=O) groups is 1. The Kier molecular flexibility index (Phi) is 5.17. The molecule has 0 spiro atoms. The van der Waals surface area contributed by atoms with Gasteiger partial charge in [-0.05, 0) is 37.1 Å². The second kappa shape index (κ2) is 6.89. The fourth-order valence-electron chi connectivity index (χ4n) is 2.84. The Hall–Kier alpha value is -1.62. The van der Waals surface area contributed by atoms with Crippen molar-refractivity contribution < 1.29 is 13.9 Å². The van der Waals surface area contributed by atoms with E-state index in [9.17, 15) is 9.18 Å². The summed E-state index contributed by atoms with van der Waals surface area (Å²) in [5.41, 5.74) is 2.31. The van der Waals surface area contributed by atoms with Crippen LogP contribution >= 0.6 is 0 Å². The first-order chi connectivity index (χ1) is 10.0. The molecule has 0 aromatic heterocycles. The minimum absolute atomic E-state index is 0.101. The third kappa shape index (κ3) is 3.73. The summed E-state index contributed by atoms with van der Waals surface area (Å²) < 4.78 is 18.3. The third-order valence-corrected chi connectivity index (χ3v) is 3.99. The minimum atomic E-state index is -1.58. The molecule has 2 atom stereocenters. The number of nitrogens with zero attached hydrogens (tertiary/aromatic N) is 2. The van der Waals surface area contributed by atoms with Crippen molar-refractivity contribution in [2.24, 2.45) is 0 Å². The quantitative estimate of drug-likeness (QED) is 0.781. The van der Waals surface area contributed by atoms with Crippen molar-refractivity contribution in [3.05, 3.63) is 29.8 Å². The summed E-state index contributed by atoms with van der Waals surface area (Å²) >= 11 is 0. The molecule has 1 fully saturated rings. The maximum atomic E-state index is 13.8. The van der Waals surface area contributed by atoms with Crippen LogP contribution in [0.25, 0.3) is 0 Å². The SMILES string of the molecule is COC(=O)[C@H](F)CN1CCC[C@H]1c1cccc(N(C)C)c1. The molecule has 116 valence electrons. The zero-order valence-electron chi connectivity index (χ0n) is 12.9. The Bertz CT molecular complexity index is 493. The molecule has 4 nitrogen and oxygen atoms in total. The normalized spacial score (nSPS) is 20.3. The van der Waals surface area contributed by atoms with Gasteiger partial charge in [0, 0.05) is 32.4 Å². The summed E-state index contributed by atoms with van der Waals surface area (Å²) in [6.07, 6.45) is 0.433. The standard InChI is InChI=1S/C16H23FN2O2/c1-18(2)13-7-4-6-12(10-13)15-8-5-9-19(15)11-14(17)16(20)21-3/h4,6-7,10,14-15H,5,8-9,11H2,1-3H3/t14-,15+/m1/s1. The van der Waals surface area contributed by atoms with Gasteiger partial charge in [-0.25, -0.2) is 9.18 Å². The summed E-state index contributed by atoms with van der Waals surface area (Å²) in [5.74, 6) is -0.789. The summed E-state index contributed by atoms with van der Waals surface area (Å²) in [6.45, 7) is 0.914. The number of anilines is 1. The molecular weight excluding hydrogens is 271 g/mol. The second-order valence-corrected chi connectivity index (χ2v) is 5.63. The van der Waals surface area contributed by atoms with E-state index in [1.807, 2.05) is 25.1 Å². The fraction of sp³-hybridized carbons (Fsp3) is 0.562. The van der Waals surface area contributed by atoms with Crippen LogP contribution in [0.4, 0.5) is 10.1 Å². The lowest BCUT2D eigenvalue weighted by Crippen LogP contribution is -2.34. The largest absolute Gasteiger partial charge is 0.467 e. The smallest absolute Gasteiger partial charge is 0.341 e. The molecule has 1 aromatic carbocycles. The van der Waals surface area contributed by atoms with Gasteiger partial charge < -0.3 is 9.64 Å². The van der Waals surface area contributed by atoms with E-state index in [4.69, 9.17) is 0 Å². The van der Waals surface area contributed by atoms with Crippen molar-refractivity contribution in [3.63, 3.8) is 0 Å². The number of halogens is 1. The van der Waals surface area contributed by atoms with Crippen LogP contribution in [-0.4, -0.2) is 51.3 Å². The average Bonchev–Trinajstić information content (AvgIpc) is 2.94. The molecule has 0 N–H and O–H groups in total. The summed E-state index contributed by atoms with van der Waals surface area (Å²) in [5, 5.41) is 0. The van der Waals surface area contributed by atoms with Crippen LogP contribution in [-0.2, 0) is 9.53 Å². The van der Waals surface area contributed by atoms with E-state index in [0.29, 0.717) is 0 Å². The highest BCUT2D eigenvalue weighted by molar-refractivity contribution is 5.74. The topological polar surface area (TPSA) is 32.8 Å². The van der Waals surface area contributed by atoms with Crippen molar-refractivity contribution in [1.29, 1.82) is 0 Å². The van der Waals surface area contributed by atoms with E-state index < -0.39 is 12.1 Å². The summed E-state index contributed by atoms with van der Waals surface area (Å²) in [7, 11) is 5.22. The predicted octanol–water partition coefficient (Wildman–Crippen LogP) is 2.40. The van der Waals surface area contributed by atoms with Gasteiger partial charge in [-0.15, -0.1) is 0 Å². The first-order valence-electron chi connectivity index (χ1n) is 7.26. The minimum Gasteiger partial charge on any atom is -0.467 e. The molecular formula is C16H23FN2O2. The molecule has 5 heteroatoms. The number of methoxy groups -OCH3 is 1. The van der Waals surface area contributed by atoms with Crippen molar-refractivity contribution in [2.75, 3.05) is 39.2 Å². The van der Waals surface area contributed by atoms with Crippen molar-refractivity contribution in [1.82, 2.24) is 4.90 Å². The molecule has 1 heterocycles. The van der Waals surface area contributed by atoms with Gasteiger partial charge in [0.2, 0.25) is 6.17 Å². The van der Waals surface area contributed by atoms with E-state index >= 15 is 0 Å². The Balaban J connectivity index is 2.11. The molecule has 0 saturated carbocycles. The number of likely N-dealkylation sites (tertiary alicyclic amines) is 1. The van der Waals surface area contributed by atoms with Crippen LogP contribution in [0.2, 0.25) is 0 Å². The van der Waals surface area contributed by atoms with E-state index in [2.05, 4.69) is 27.8 Å². The monoisotopic (exact) mass is 294 g/mol. The van der Waals surface area contributed by atoms with Crippen LogP contribution in [0.3, 0.4) is 0 Å². The first-order valence-corrected chi connectivity index (χ1v) is 7.26. The molecule has 0 amide bonds. The third-order valence-electron chi connectivity index (χ3n) is 3.99. The summed E-state index contributed by atoms with van der Waals surface area (Å²) in [4.78, 5) is 15.3. The highest BCUT2D eigenvalue weighted by Crippen LogP contribution is 2.33. The number of benzene rings is 1. The lowest BCUT2D eigenvalue weighted by atomic mass is 10.0. The number of esters is 1. The van der Waals surface area contributed by atoms with E-state index in [-0.39, 0.29) is 12.6 Å². The van der Waals surface area contributed by atoms with Gasteiger partial charge in [-0.1, -0.05) is 12.1 Å². The number of alkyl halides is 1. The highest BCUT2D eigenvalue weighted by Gasteiger charge is 2.30. The Morgan fingerprint density at radius 1 is 1.52 bits per heavy atom. The van der Waals surface area contributed by atoms with Crippen molar-refractivity contribution >= 4 is 11.7 Å². The van der Waals surface area contributed by atoms with Gasteiger partial charge in [0.05, 0.1) is 7.11 Å². The molecule has 2 rings (SSSR count). The fourth-order valence-corrected chi connectivity index (χ4v) is 2.84. The van der Waals surface area contributed by atoms with E-state index in [1.165, 1.54) is 12.7 Å². The molecule has 1 aliphatic rings. The zero-order valence-corrected chi connectivity index (χ0v) is 12.9. The molecule has 0 aliphatic carbocycles. The number of rotatable bonds is 5. The molecule has 0 unspecified atom stereocenters. The Morgan fingerprint density at radius 2 is 2.29 bits per heavy atom. The van der Waals surface area contributed by atoms with Gasteiger partial charge in [0.25, 0.3) is 0 Å². The lowest BCUT2D eigenvalue weighted by molar-refractivity contribution is -0.147. The van der Waals surface area contributed by atoms with Gasteiger partial charge in [-0.3, -0.25) is 4.90 Å². The van der Waals surface area contributed by atoms with Crippen LogP contribution < -0.4 is 4.90 Å². The molecule has 21 heavy (non-hydrogen) atoms. The van der Waals surface area contributed by atoms with E-state index in [1.54, 1.807) is 0 Å². The number of hydrogen-bond acceptors (Lipinski definition) is 4. The molecule has 1 aliphatic heterocycles. The first kappa shape index (κ1) is 15.8. The van der Waals surface area contributed by atoms with Crippen LogP contribution in [0, 0.1) is 0 Å². The van der Waals surface area contributed by atoms with Crippen molar-refractivity contribution in [2.45, 2.75) is 25.1 Å². The number of hydrogen-bond donors (Lipinski definition) is 0. The van der Waals surface area contributed by atoms with Gasteiger partial charge in [0.15, 0.2) is 0 Å². The summed E-state index contributed by atoms with van der Waals surface area (Å²) in [6, 6.07) is 8.45. The number of ether oxygens (including phenoxy) is 1. The lowest BCUT2D eigenvalue weighted by Gasteiger charge is -2.26. The molecule has 0 bridgehead atoms. The molecule has 1 saturated heterocycles. The maximum absolute atomic E-state index is 13.8. The number of carbonyl (C=O) groups excluding carboxylic acids is 1.